The SMILES string of the molecule is C=CCOC(=O)N[C@@H]1CN(/C(=N\C#N)Nc2cccc(OC(F)(F)F)c2)N=C1c1ccc(Cl)c(Cl)c1. The van der Waals surface area contributed by atoms with Gasteiger partial charge in [0, 0.05) is 17.3 Å². The zero-order valence-corrected chi connectivity index (χ0v) is 19.7. The second-order valence-electron chi connectivity index (χ2n) is 7.02. The first-order valence-corrected chi connectivity index (χ1v) is 10.8. The maximum atomic E-state index is 12.6. The number of rotatable bonds is 6. The predicted octanol–water partition coefficient (Wildman–Crippen LogP) is 5.14. The predicted molar refractivity (Wildman–Crippen MR) is 128 cm³/mol. The first kappa shape index (κ1) is 26.7. The van der Waals surface area contributed by atoms with Gasteiger partial charge >= 0.3 is 12.5 Å². The number of ether oxygens (including phenoxy) is 2. The van der Waals surface area contributed by atoms with Crippen LogP contribution in [-0.4, -0.2) is 48.3 Å². The summed E-state index contributed by atoms with van der Waals surface area (Å²) < 4.78 is 46.6. The smallest absolute Gasteiger partial charge is 0.445 e. The Morgan fingerprint density at radius 2 is 2.08 bits per heavy atom. The summed E-state index contributed by atoms with van der Waals surface area (Å²) in [7, 11) is 0. The van der Waals surface area contributed by atoms with Crippen LogP contribution in [0.2, 0.25) is 10.0 Å². The van der Waals surface area contributed by atoms with E-state index in [2.05, 4.69) is 32.0 Å². The van der Waals surface area contributed by atoms with Crippen LogP contribution >= 0.6 is 23.2 Å². The van der Waals surface area contributed by atoms with E-state index in [9.17, 15) is 23.2 Å². The molecule has 36 heavy (non-hydrogen) atoms. The summed E-state index contributed by atoms with van der Waals surface area (Å²) in [5.74, 6) is -0.599. The van der Waals surface area contributed by atoms with Crippen molar-refractivity contribution in [1.29, 1.82) is 5.26 Å². The summed E-state index contributed by atoms with van der Waals surface area (Å²) in [6, 6.07) is 8.93. The van der Waals surface area contributed by atoms with Gasteiger partial charge in [-0.1, -0.05) is 48.0 Å². The summed E-state index contributed by atoms with van der Waals surface area (Å²) >= 11 is 12.1. The van der Waals surface area contributed by atoms with E-state index in [0.717, 1.165) is 12.1 Å². The number of alkyl halides is 3. The van der Waals surface area contributed by atoms with Crippen LogP contribution in [0.5, 0.6) is 5.75 Å². The van der Waals surface area contributed by atoms with Crippen LogP contribution in [0.15, 0.2) is 65.2 Å². The quantitative estimate of drug-likeness (QED) is 0.227. The van der Waals surface area contributed by atoms with Gasteiger partial charge < -0.3 is 20.1 Å². The van der Waals surface area contributed by atoms with Gasteiger partial charge in [-0.25, -0.2) is 9.80 Å². The van der Waals surface area contributed by atoms with E-state index in [4.69, 9.17) is 27.9 Å². The number of anilines is 1. The number of nitriles is 1. The zero-order chi connectivity index (χ0) is 26.3. The maximum Gasteiger partial charge on any atom is 0.573 e. The highest BCUT2D eigenvalue weighted by Crippen LogP contribution is 2.27. The average Bonchev–Trinajstić information content (AvgIpc) is 3.22. The van der Waals surface area contributed by atoms with E-state index in [1.165, 1.54) is 23.2 Å². The Morgan fingerprint density at radius 3 is 2.75 bits per heavy atom. The number of carbonyl (C=O) groups is 1. The van der Waals surface area contributed by atoms with E-state index in [1.807, 2.05) is 0 Å². The van der Waals surface area contributed by atoms with Crippen molar-refractivity contribution >= 4 is 46.7 Å². The van der Waals surface area contributed by atoms with Gasteiger partial charge in [0.05, 0.1) is 28.3 Å². The molecular weight excluding hydrogens is 524 g/mol. The number of guanidine groups is 1. The highest BCUT2D eigenvalue weighted by Gasteiger charge is 2.33. The lowest BCUT2D eigenvalue weighted by molar-refractivity contribution is -0.274. The summed E-state index contributed by atoms with van der Waals surface area (Å²) in [5.41, 5.74) is 0.988. The number of hydrogen-bond acceptors (Lipinski definition) is 6. The number of benzene rings is 2. The van der Waals surface area contributed by atoms with Crippen molar-refractivity contribution < 1.29 is 27.4 Å². The van der Waals surface area contributed by atoms with Gasteiger partial charge in [0.15, 0.2) is 0 Å². The Morgan fingerprint density at radius 1 is 1.31 bits per heavy atom. The topological polar surface area (TPSA) is 111 Å². The molecule has 0 radical (unpaired) electrons. The first-order valence-electron chi connectivity index (χ1n) is 10.0. The fourth-order valence-corrected chi connectivity index (χ4v) is 3.38. The molecule has 1 aliphatic heterocycles. The number of nitrogens with zero attached hydrogens (tertiary/aromatic N) is 4. The molecule has 9 nitrogen and oxygen atoms in total. The lowest BCUT2D eigenvalue weighted by Gasteiger charge is -2.19. The van der Waals surface area contributed by atoms with Gasteiger partial charge in [-0.05, 0) is 24.3 Å². The van der Waals surface area contributed by atoms with E-state index >= 15 is 0 Å². The minimum absolute atomic E-state index is 0.00891. The van der Waals surface area contributed by atoms with Crippen LogP contribution in [0.25, 0.3) is 0 Å². The zero-order valence-electron chi connectivity index (χ0n) is 18.2. The van der Waals surface area contributed by atoms with Crippen molar-refractivity contribution in [2.24, 2.45) is 10.1 Å². The van der Waals surface area contributed by atoms with E-state index in [-0.39, 0.29) is 29.8 Å². The molecule has 0 fully saturated rings. The standard InChI is InChI=1S/C22H17Cl2F3N6O3/c1-2-8-35-21(34)31-18-11-33(32-19(18)13-6-7-16(23)17(24)9-13)20(29-12-28)30-14-4-3-5-15(10-14)36-22(25,26)27/h2-7,9-10,18H,1,8,11H2,(H,29,30)(H,31,34)/t18-/m1/s1. The maximum absolute atomic E-state index is 12.6. The third-order valence-electron chi connectivity index (χ3n) is 4.48. The van der Waals surface area contributed by atoms with Crippen molar-refractivity contribution in [3.05, 3.63) is 70.7 Å². The first-order chi connectivity index (χ1) is 17.1. The molecule has 2 N–H and O–H groups in total. The minimum Gasteiger partial charge on any atom is -0.445 e. The van der Waals surface area contributed by atoms with Crippen LogP contribution in [0, 0.1) is 11.5 Å². The Balaban J connectivity index is 1.90. The number of hydrogen-bond donors (Lipinski definition) is 2. The normalized spacial score (nSPS) is 15.6. The second kappa shape index (κ2) is 11.7. The minimum atomic E-state index is -4.88. The molecule has 3 rings (SSSR count). The van der Waals surface area contributed by atoms with Crippen molar-refractivity contribution in [2.45, 2.75) is 12.4 Å². The van der Waals surface area contributed by atoms with E-state index in [0.29, 0.717) is 16.3 Å². The molecule has 0 spiro atoms. The van der Waals surface area contributed by atoms with Crippen LogP contribution in [0.3, 0.4) is 0 Å². The number of carbonyl (C=O) groups excluding carboxylic acids is 1. The number of hydrazone groups is 1. The molecule has 1 amide bonds. The number of nitrogens with one attached hydrogen (secondary N) is 2. The van der Waals surface area contributed by atoms with Crippen molar-refractivity contribution in [1.82, 2.24) is 10.3 Å². The van der Waals surface area contributed by atoms with Crippen molar-refractivity contribution in [3.63, 3.8) is 0 Å². The molecule has 0 saturated heterocycles. The second-order valence-corrected chi connectivity index (χ2v) is 7.83. The molecule has 0 unspecified atom stereocenters. The highest BCUT2D eigenvalue weighted by atomic mass is 35.5. The summed E-state index contributed by atoms with van der Waals surface area (Å²) in [4.78, 5) is 15.9. The molecule has 1 heterocycles. The molecule has 1 atom stereocenters. The van der Waals surface area contributed by atoms with Gasteiger partial charge in [0.2, 0.25) is 12.2 Å². The number of halogens is 5. The van der Waals surface area contributed by atoms with Crippen LogP contribution in [0.4, 0.5) is 23.7 Å². The Kier molecular flexibility index (Phi) is 8.63. The largest absolute Gasteiger partial charge is 0.573 e. The number of aliphatic imine (C=N–C) groups is 1. The third-order valence-corrected chi connectivity index (χ3v) is 5.22. The van der Waals surface area contributed by atoms with Gasteiger partial charge in [-0.15, -0.1) is 18.2 Å². The van der Waals surface area contributed by atoms with Gasteiger partial charge in [-0.3, -0.25) is 0 Å². The monoisotopic (exact) mass is 540 g/mol. The molecule has 2 aromatic rings. The fourth-order valence-electron chi connectivity index (χ4n) is 3.08. The third kappa shape index (κ3) is 7.27. The van der Waals surface area contributed by atoms with Crippen molar-refractivity contribution in [2.75, 3.05) is 18.5 Å². The molecule has 188 valence electrons. The van der Waals surface area contributed by atoms with Crippen LogP contribution < -0.4 is 15.4 Å². The molecule has 0 bridgehead atoms. The van der Waals surface area contributed by atoms with Crippen molar-refractivity contribution in [3.8, 4) is 11.9 Å². The Labute approximate surface area is 213 Å². The van der Waals surface area contributed by atoms with Gasteiger partial charge in [0.1, 0.15) is 12.4 Å². The van der Waals surface area contributed by atoms with E-state index < -0.39 is 24.2 Å². The summed E-state index contributed by atoms with van der Waals surface area (Å²) in [5, 5.41) is 20.8. The van der Waals surface area contributed by atoms with E-state index in [1.54, 1.807) is 24.4 Å². The van der Waals surface area contributed by atoms with Crippen LogP contribution in [0.1, 0.15) is 5.56 Å². The molecule has 0 saturated carbocycles. The molecule has 0 aromatic heterocycles. The number of amides is 1. The van der Waals surface area contributed by atoms with Gasteiger partial charge in [0.25, 0.3) is 0 Å². The molecule has 2 aromatic carbocycles. The Hall–Kier alpha value is -3.95. The molecular formula is C22H17Cl2F3N6O3. The summed E-state index contributed by atoms with van der Waals surface area (Å²) in [6.07, 6.45) is -2.62. The lowest BCUT2D eigenvalue weighted by Crippen LogP contribution is -2.44. The van der Waals surface area contributed by atoms with Gasteiger partial charge in [-0.2, -0.15) is 10.4 Å². The number of alkyl carbamates (subject to hydrolysis) is 1. The Bertz CT molecular complexity index is 1250. The molecule has 14 heteroatoms. The van der Waals surface area contributed by atoms with Crippen LogP contribution in [-0.2, 0) is 4.74 Å². The highest BCUT2D eigenvalue weighted by molar-refractivity contribution is 6.42. The molecule has 0 aliphatic carbocycles. The summed E-state index contributed by atoms with van der Waals surface area (Å²) in [6.45, 7) is 3.44. The fraction of sp³-hybridized carbons (Fsp3) is 0.182. The lowest BCUT2D eigenvalue weighted by atomic mass is 10.0. The average molecular weight is 541 g/mol. The molecule has 1 aliphatic rings.